The number of rotatable bonds is 7. The molecule has 0 spiro atoms. The summed E-state index contributed by atoms with van der Waals surface area (Å²) in [6.45, 7) is 2.61. The summed E-state index contributed by atoms with van der Waals surface area (Å²) >= 11 is 0. The molecular weight excluding hydrogens is 429 g/mol. The molecule has 7 heteroatoms. The van der Waals surface area contributed by atoms with Gasteiger partial charge in [-0.05, 0) is 60.9 Å². The van der Waals surface area contributed by atoms with Crippen LogP contribution in [0.2, 0.25) is 0 Å². The van der Waals surface area contributed by atoms with Crippen LogP contribution in [0.1, 0.15) is 28.9 Å². The fourth-order valence-electron chi connectivity index (χ4n) is 4.30. The Morgan fingerprint density at radius 1 is 1.09 bits per heavy atom. The number of benzene rings is 2. The van der Waals surface area contributed by atoms with E-state index >= 15 is 0 Å². The van der Waals surface area contributed by atoms with E-state index in [0.29, 0.717) is 11.4 Å². The molecule has 1 fully saturated rings. The molecule has 0 atom stereocenters. The fraction of sp³-hybridized carbons (Fsp3) is 0.259. The van der Waals surface area contributed by atoms with Gasteiger partial charge in [0.2, 0.25) is 0 Å². The molecular formula is C27H30FN5O. The third-order valence-electron chi connectivity index (χ3n) is 6.15. The summed E-state index contributed by atoms with van der Waals surface area (Å²) in [4.78, 5) is 17.5. The number of hydrogen-bond acceptors (Lipinski definition) is 4. The standard InChI is InChI=1S/C27H30FN5O/c1-31-17-5-8-25(31)27(34)33(26(29)13-16-30-23-11-9-22(28)10-12-23)24-14-18-32(19-15-24)20-21-6-3-2-4-7-21/h2-13,16-17,24,29-30H,14-15,18-20H2,1H3/b16-13-,29-26?. The first kappa shape index (κ1) is 23.4. The van der Waals surface area contributed by atoms with Gasteiger partial charge in [-0.1, -0.05) is 30.3 Å². The van der Waals surface area contributed by atoms with E-state index in [1.807, 2.05) is 25.4 Å². The summed E-state index contributed by atoms with van der Waals surface area (Å²) < 4.78 is 14.9. The van der Waals surface area contributed by atoms with Gasteiger partial charge in [-0.15, -0.1) is 0 Å². The molecule has 1 aliphatic rings. The normalized spacial score (nSPS) is 14.9. The molecule has 2 heterocycles. The fourth-order valence-corrected chi connectivity index (χ4v) is 4.30. The van der Waals surface area contributed by atoms with Crippen LogP contribution in [-0.2, 0) is 13.6 Å². The molecule has 2 N–H and O–H groups in total. The van der Waals surface area contributed by atoms with Gasteiger partial charge in [0, 0.05) is 50.8 Å². The highest BCUT2D eigenvalue weighted by Gasteiger charge is 2.31. The number of likely N-dealkylation sites (tertiary alicyclic amines) is 1. The van der Waals surface area contributed by atoms with Crippen LogP contribution in [0.4, 0.5) is 10.1 Å². The van der Waals surface area contributed by atoms with Crippen molar-refractivity contribution in [3.8, 4) is 0 Å². The zero-order chi connectivity index (χ0) is 23.9. The van der Waals surface area contributed by atoms with Gasteiger partial charge in [0.15, 0.2) is 0 Å². The van der Waals surface area contributed by atoms with Crippen molar-refractivity contribution in [1.82, 2.24) is 14.4 Å². The van der Waals surface area contributed by atoms with Crippen LogP contribution < -0.4 is 5.32 Å². The highest BCUT2D eigenvalue weighted by atomic mass is 19.1. The molecule has 1 saturated heterocycles. The number of aromatic nitrogens is 1. The predicted molar refractivity (Wildman–Crippen MR) is 133 cm³/mol. The van der Waals surface area contributed by atoms with Crippen LogP contribution in [0.5, 0.6) is 0 Å². The molecule has 0 radical (unpaired) electrons. The Morgan fingerprint density at radius 3 is 2.44 bits per heavy atom. The van der Waals surface area contributed by atoms with Gasteiger partial charge in [0.05, 0.1) is 0 Å². The average Bonchev–Trinajstić information content (AvgIpc) is 3.28. The summed E-state index contributed by atoms with van der Waals surface area (Å²) in [6.07, 6.45) is 6.63. The van der Waals surface area contributed by atoms with Crippen molar-refractivity contribution in [2.45, 2.75) is 25.4 Å². The van der Waals surface area contributed by atoms with Crippen LogP contribution in [0, 0.1) is 11.2 Å². The van der Waals surface area contributed by atoms with E-state index in [9.17, 15) is 9.18 Å². The second kappa shape index (κ2) is 10.9. The topological polar surface area (TPSA) is 64.4 Å². The summed E-state index contributed by atoms with van der Waals surface area (Å²) in [5.41, 5.74) is 2.54. The van der Waals surface area contributed by atoms with E-state index in [0.717, 1.165) is 32.5 Å². The zero-order valence-corrected chi connectivity index (χ0v) is 19.3. The Morgan fingerprint density at radius 2 is 1.79 bits per heavy atom. The second-order valence-electron chi connectivity index (χ2n) is 8.54. The van der Waals surface area contributed by atoms with Crippen molar-refractivity contribution in [1.29, 1.82) is 5.41 Å². The van der Waals surface area contributed by atoms with Crippen LogP contribution in [0.25, 0.3) is 0 Å². The molecule has 1 amide bonds. The number of carbonyl (C=O) groups is 1. The Bertz CT molecular complexity index is 1130. The zero-order valence-electron chi connectivity index (χ0n) is 19.3. The Labute approximate surface area is 199 Å². The predicted octanol–water partition coefficient (Wildman–Crippen LogP) is 4.87. The number of piperidine rings is 1. The first-order valence-electron chi connectivity index (χ1n) is 11.5. The molecule has 34 heavy (non-hydrogen) atoms. The lowest BCUT2D eigenvalue weighted by atomic mass is 10.0. The number of anilines is 1. The van der Waals surface area contributed by atoms with Gasteiger partial charge in [-0.2, -0.15) is 0 Å². The number of carbonyl (C=O) groups excluding carboxylic acids is 1. The summed E-state index contributed by atoms with van der Waals surface area (Å²) in [6, 6.07) is 19.9. The monoisotopic (exact) mass is 459 g/mol. The molecule has 3 aromatic rings. The number of hydrogen-bond donors (Lipinski definition) is 2. The van der Waals surface area contributed by atoms with Crippen molar-refractivity contribution in [2.24, 2.45) is 7.05 Å². The van der Waals surface area contributed by atoms with Gasteiger partial charge in [-0.3, -0.25) is 20.0 Å². The van der Waals surface area contributed by atoms with E-state index in [1.54, 1.807) is 39.9 Å². The van der Waals surface area contributed by atoms with E-state index in [2.05, 4.69) is 34.5 Å². The van der Waals surface area contributed by atoms with E-state index in [1.165, 1.54) is 17.7 Å². The lowest BCUT2D eigenvalue weighted by molar-refractivity contribution is 0.0721. The summed E-state index contributed by atoms with van der Waals surface area (Å²) in [5, 5.41) is 11.8. The Kier molecular flexibility index (Phi) is 7.54. The summed E-state index contributed by atoms with van der Waals surface area (Å²) in [5.74, 6) is -0.354. The largest absolute Gasteiger partial charge is 0.362 e. The maximum Gasteiger partial charge on any atom is 0.276 e. The van der Waals surface area contributed by atoms with Crippen molar-refractivity contribution >= 4 is 17.4 Å². The highest BCUT2D eigenvalue weighted by molar-refractivity contribution is 6.08. The van der Waals surface area contributed by atoms with Gasteiger partial charge in [0.1, 0.15) is 17.3 Å². The highest BCUT2D eigenvalue weighted by Crippen LogP contribution is 2.21. The smallest absolute Gasteiger partial charge is 0.276 e. The SMILES string of the molecule is Cn1cccc1C(=O)N(C(=N)/C=C\Nc1ccc(F)cc1)C1CCN(Cc2ccccc2)CC1. The third kappa shape index (κ3) is 5.80. The lowest BCUT2D eigenvalue weighted by Gasteiger charge is -2.38. The average molecular weight is 460 g/mol. The van der Waals surface area contributed by atoms with Crippen LogP contribution in [0.15, 0.2) is 85.2 Å². The van der Waals surface area contributed by atoms with Crippen LogP contribution in [-0.4, -0.2) is 45.2 Å². The number of amides is 1. The maximum absolute atomic E-state index is 13.5. The Balaban J connectivity index is 1.45. The number of halogens is 1. The number of nitrogens with zero attached hydrogens (tertiary/aromatic N) is 3. The molecule has 0 unspecified atom stereocenters. The van der Waals surface area contributed by atoms with Crippen molar-refractivity contribution in [3.63, 3.8) is 0 Å². The second-order valence-corrected chi connectivity index (χ2v) is 8.54. The molecule has 0 saturated carbocycles. The first-order chi connectivity index (χ1) is 16.5. The van der Waals surface area contributed by atoms with Gasteiger partial charge in [0.25, 0.3) is 5.91 Å². The first-order valence-corrected chi connectivity index (χ1v) is 11.5. The third-order valence-corrected chi connectivity index (χ3v) is 6.15. The summed E-state index contributed by atoms with van der Waals surface area (Å²) in [7, 11) is 1.84. The maximum atomic E-state index is 13.5. The minimum Gasteiger partial charge on any atom is -0.362 e. The molecule has 1 aromatic heterocycles. The molecule has 1 aliphatic heterocycles. The van der Waals surface area contributed by atoms with E-state index < -0.39 is 0 Å². The minimum absolute atomic E-state index is 0.0580. The molecule has 0 bridgehead atoms. The van der Waals surface area contributed by atoms with Crippen LogP contribution >= 0.6 is 0 Å². The van der Waals surface area contributed by atoms with Gasteiger partial charge < -0.3 is 9.88 Å². The number of aryl methyl sites for hydroxylation is 1. The van der Waals surface area contributed by atoms with Crippen molar-refractivity contribution in [2.75, 3.05) is 18.4 Å². The van der Waals surface area contributed by atoms with Crippen molar-refractivity contribution < 1.29 is 9.18 Å². The molecule has 176 valence electrons. The van der Waals surface area contributed by atoms with Crippen LogP contribution in [0.3, 0.4) is 0 Å². The molecule has 4 rings (SSSR count). The van der Waals surface area contributed by atoms with Crippen molar-refractivity contribution in [3.05, 3.63) is 102 Å². The van der Waals surface area contributed by atoms with Gasteiger partial charge >= 0.3 is 0 Å². The quantitative estimate of drug-likeness (QED) is 0.391. The molecule has 6 nitrogen and oxygen atoms in total. The van der Waals surface area contributed by atoms with E-state index in [4.69, 9.17) is 5.41 Å². The molecule has 0 aliphatic carbocycles. The number of amidine groups is 1. The van der Waals surface area contributed by atoms with E-state index in [-0.39, 0.29) is 23.6 Å². The minimum atomic E-state index is -0.305. The Hall–Kier alpha value is -3.71. The van der Waals surface area contributed by atoms with Gasteiger partial charge in [-0.25, -0.2) is 4.39 Å². The number of nitrogens with one attached hydrogen (secondary N) is 2. The molecule has 2 aromatic carbocycles. The lowest BCUT2D eigenvalue weighted by Crippen LogP contribution is -2.49.